The van der Waals surface area contributed by atoms with Gasteiger partial charge in [-0.3, -0.25) is 4.98 Å². The summed E-state index contributed by atoms with van der Waals surface area (Å²) in [6.45, 7) is 4.95. The van der Waals surface area contributed by atoms with Crippen LogP contribution in [-0.2, 0) is 0 Å². The Kier molecular flexibility index (Phi) is 5.50. The van der Waals surface area contributed by atoms with E-state index >= 15 is 0 Å². The highest BCUT2D eigenvalue weighted by Gasteiger charge is 2.09. The summed E-state index contributed by atoms with van der Waals surface area (Å²) in [5.41, 5.74) is 1.11. The molecule has 0 radical (unpaired) electrons. The van der Waals surface area contributed by atoms with Crippen molar-refractivity contribution in [1.82, 2.24) is 10.3 Å². The molecule has 0 aromatic carbocycles. The summed E-state index contributed by atoms with van der Waals surface area (Å²) in [6.07, 6.45) is 3.78. The molecule has 0 spiro atoms. The number of hydrogen-bond acceptors (Lipinski definition) is 2. The summed E-state index contributed by atoms with van der Waals surface area (Å²) >= 11 is 0. The molecule has 0 aliphatic heterocycles. The van der Waals surface area contributed by atoms with Gasteiger partial charge in [0.25, 0.3) is 0 Å². The molecule has 0 bridgehead atoms. The third-order valence-corrected chi connectivity index (χ3v) is 2.23. The molecule has 1 N–H and O–H groups in total. The van der Waals surface area contributed by atoms with Gasteiger partial charge in [0, 0.05) is 12.6 Å². The maximum absolute atomic E-state index is 4.37. The number of nitrogens with one attached hydrogen (secondary N) is 1. The molecule has 0 fully saturated rings. The molecular weight excluding hydrogens is 184 g/mol. The van der Waals surface area contributed by atoms with Crippen LogP contribution in [0.1, 0.15) is 38.4 Å². The minimum atomic E-state index is 0.331. The van der Waals surface area contributed by atoms with Crippen LogP contribution in [-0.4, -0.2) is 11.5 Å². The summed E-state index contributed by atoms with van der Waals surface area (Å²) in [5.74, 6) is 6.01. The average Bonchev–Trinajstić information content (AvgIpc) is 2.29. The van der Waals surface area contributed by atoms with Crippen LogP contribution in [0.15, 0.2) is 24.4 Å². The number of hydrogen-bond donors (Lipinski definition) is 1. The van der Waals surface area contributed by atoms with Crippen molar-refractivity contribution in [2.45, 2.75) is 32.7 Å². The zero-order chi connectivity index (χ0) is 10.9. The minimum absolute atomic E-state index is 0.331. The van der Waals surface area contributed by atoms with Crippen LogP contribution in [0.4, 0.5) is 0 Å². The van der Waals surface area contributed by atoms with Crippen molar-refractivity contribution in [3.05, 3.63) is 30.1 Å². The molecule has 2 nitrogen and oxygen atoms in total. The average molecular weight is 202 g/mol. The Hall–Kier alpha value is -1.33. The van der Waals surface area contributed by atoms with Crippen molar-refractivity contribution in [2.24, 2.45) is 0 Å². The van der Waals surface area contributed by atoms with Gasteiger partial charge in [-0.15, -0.1) is 11.8 Å². The fraction of sp³-hybridized carbons (Fsp3) is 0.462. The van der Waals surface area contributed by atoms with E-state index in [9.17, 15) is 0 Å². The van der Waals surface area contributed by atoms with E-state index < -0.39 is 0 Å². The SMILES string of the molecule is CC#CCCC(NCC)c1ccccn1. The van der Waals surface area contributed by atoms with Crippen molar-refractivity contribution >= 4 is 0 Å². The summed E-state index contributed by atoms with van der Waals surface area (Å²) in [4.78, 5) is 4.37. The van der Waals surface area contributed by atoms with Crippen LogP contribution < -0.4 is 5.32 Å². The molecule has 1 unspecified atom stereocenters. The van der Waals surface area contributed by atoms with Gasteiger partial charge in [-0.1, -0.05) is 13.0 Å². The Morgan fingerprint density at radius 1 is 1.47 bits per heavy atom. The quantitative estimate of drug-likeness (QED) is 0.742. The van der Waals surface area contributed by atoms with Gasteiger partial charge in [0.15, 0.2) is 0 Å². The Morgan fingerprint density at radius 3 is 2.93 bits per heavy atom. The van der Waals surface area contributed by atoms with Crippen molar-refractivity contribution < 1.29 is 0 Å². The molecule has 1 heterocycles. The first-order chi connectivity index (χ1) is 7.38. The third-order valence-electron chi connectivity index (χ3n) is 2.23. The van der Waals surface area contributed by atoms with Crippen LogP contribution in [0, 0.1) is 11.8 Å². The zero-order valence-electron chi connectivity index (χ0n) is 9.46. The van der Waals surface area contributed by atoms with Crippen molar-refractivity contribution in [1.29, 1.82) is 0 Å². The highest BCUT2D eigenvalue weighted by molar-refractivity contribution is 5.09. The van der Waals surface area contributed by atoms with Gasteiger partial charge < -0.3 is 5.32 Å². The van der Waals surface area contributed by atoms with E-state index in [1.54, 1.807) is 0 Å². The second kappa shape index (κ2) is 7.03. The van der Waals surface area contributed by atoms with E-state index in [0.717, 1.165) is 25.1 Å². The van der Waals surface area contributed by atoms with Gasteiger partial charge in [-0.2, -0.15) is 0 Å². The lowest BCUT2D eigenvalue weighted by atomic mass is 10.1. The summed E-state index contributed by atoms with van der Waals surface area (Å²) < 4.78 is 0. The topological polar surface area (TPSA) is 24.9 Å². The predicted molar refractivity (Wildman–Crippen MR) is 63.3 cm³/mol. The number of pyridine rings is 1. The maximum Gasteiger partial charge on any atom is 0.0573 e. The van der Waals surface area contributed by atoms with Crippen LogP contribution in [0.2, 0.25) is 0 Å². The Balaban J connectivity index is 2.60. The van der Waals surface area contributed by atoms with E-state index in [1.807, 2.05) is 25.3 Å². The molecule has 0 aliphatic carbocycles. The fourth-order valence-electron chi connectivity index (χ4n) is 1.52. The molecule has 15 heavy (non-hydrogen) atoms. The Morgan fingerprint density at radius 2 is 2.33 bits per heavy atom. The van der Waals surface area contributed by atoms with Crippen molar-refractivity contribution in [3.8, 4) is 11.8 Å². The lowest BCUT2D eigenvalue weighted by Gasteiger charge is -2.15. The van der Waals surface area contributed by atoms with Gasteiger partial charge in [-0.25, -0.2) is 0 Å². The number of nitrogens with zero attached hydrogens (tertiary/aromatic N) is 1. The number of aromatic nitrogens is 1. The predicted octanol–water partition coefficient (Wildman–Crippen LogP) is 2.54. The normalized spacial score (nSPS) is 11.6. The molecule has 2 heteroatoms. The second-order valence-corrected chi connectivity index (χ2v) is 3.33. The molecule has 1 aromatic rings. The highest BCUT2D eigenvalue weighted by atomic mass is 14.9. The molecule has 0 saturated carbocycles. The molecular formula is C13H18N2. The van der Waals surface area contributed by atoms with Crippen molar-refractivity contribution in [3.63, 3.8) is 0 Å². The van der Waals surface area contributed by atoms with Gasteiger partial charge >= 0.3 is 0 Å². The van der Waals surface area contributed by atoms with Gasteiger partial charge in [0.05, 0.1) is 11.7 Å². The molecule has 0 amide bonds. The first-order valence-corrected chi connectivity index (χ1v) is 5.42. The smallest absolute Gasteiger partial charge is 0.0573 e. The Bertz CT molecular complexity index is 321. The molecule has 1 rings (SSSR count). The minimum Gasteiger partial charge on any atom is -0.309 e. The lowest BCUT2D eigenvalue weighted by molar-refractivity contribution is 0.510. The summed E-state index contributed by atoms with van der Waals surface area (Å²) in [7, 11) is 0. The molecule has 1 aromatic heterocycles. The molecule has 0 aliphatic rings. The fourth-order valence-corrected chi connectivity index (χ4v) is 1.52. The lowest BCUT2D eigenvalue weighted by Crippen LogP contribution is -2.21. The maximum atomic E-state index is 4.37. The van der Waals surface area contributed by atoms with Gasteiger partial charge in [0.1, 0.15) is 0 Å². The first-order valence-electron chi connectivity index (χ1n) is 5.42. The summed E-state index contributed by atoms with van der Waals surface area (Å²) in [5, 5.41) is 3.43. The second-order valence-electron chi connectivity index (χ2n) is 3.33. The van der Waals surface area contributed by atoms with E-state index in [4.69, 9.17) is 0 Å². The third kappa shape index (κ3) is 4.14. The van der Waals surface area contributed by atoms with Crippen LogP contribution in [0.3, 0.4) is 0 Å². The number of rotatable bonds is 5. The molecule has 1 atom stereocenters. The standard InChI is InChI=1S/C13H18N2/c1-3-5-6-9-12(14-4-2)13-10-7-8-11-15-13/h7-8,10-12,14H,4,6,9H2,1-2H3. The van der Waals surface area contributed by atoms with Crippen molar-refractivity contribution in [2.75, 3.05) is 6.54 Å². The first kappa shape index (κ1) is 11.7. The highest BCUT2D eigenvalue weighted by Crippen LogP contribution is 2.15. The van der Waals surface area contributed by atoms with Crippen LogP contribution >= 0.6 is 0 Å². The van der Waals surface area contributed by atoms with E-state index in [2.05, 4.69) is 35.1 Å². The molecule has 0 saturated heterocycles. The van der Waals surface area contributed by atoms with Crippen LogP contribution in [0.25, 0.3) is 0 Å². The monoisotopic (exact) mass is 202 g/mol. The van der Waals surface area contributed by atoms with E-state index in [0.29, 0.717) is 6.04 Å². The largest absolute Gasteiger partial charge is 0.309 e. The van der Waals surface area contributed by atoms with Crippen LogP contribution in [0.5, 0.6) is 0 Å². The molecule has 80 valence electrons. The van der Waals surface area contributed by atoms with E-state index in [1.165, 1.54) is 0 Å². The van der Waals surface area contributed by atoms with Gasteiger partial charge in [0.2, 0.25) is 0 Å². The van der Waals surface area contributed by atoms with Gasteiger partial charge in [-0.05, 0) is 32.0 Å². The van der Waals surface area contributed by atoms with E-state index in [-0.39, 0.29) is 0 Å². The zero-order valence-corrected chi connectivity index (χ0v) is 9.46. The summed E-state index contributed by atoms with van der Waals surface area (Å²) in [6, 6.07) is 6.36. The Labute approximate surface area is 92.1 Å².